The van der Waals surface area contributed by atoms with Crippen molar-refractivity contribution < 1.29 is 19.0 Å². The van der Waals surface area contributed by atoms with Crippen LogP contribution in [0.25, 0.3) is 0 Å². The Morgan fingerprint density at radius 2 is 1.87 bits per heavy atom. The quantitative estimate of drug-likeness (QED) is 0.859. The van der Waals surface area contributed by atoms with Crippen LogP contribution in [0.2, 0.25) is 0 Å². The van der Waals surface area contributed by atoms with E-state index < -0.39 is 0 Å². The number of amides is 1. The average molecular weight is 322 g/mol. The van der Waals surface area contributed by atoms with Gasteiger partial charge in [-0.15, -0.1) is 0 Å². The normalized spacial score (nSPS) is 17.7. The van der Waals surface area contributed by atoms with Crippen LogP contribution in [-0.4, -0.2) is 57.8 Å². The topological polar surface area (TPSA) is 60.0 Å². The molecule has 1 atom stereocenters. The van der Waals surface area contributed by atoms with Gasteiger partial charge in [0.05, 0.1) is 21.3 Å². The molecule has 2 rings (SSSR count). The molecule has 0 saturated carbocycles. The van der Waals surface area contributed by atoms with Crippen LogP contribution in [0.1, 0.15) is 18.9 Å². The van der Waals surface area contributed by atoms with Gasteiger partial charge >= 0.3 is 0 Å². The van der Waals surface area contributed by atoms with E-state index in [0.717, 1.165) is 25.2 Å². The second-order valence-corrected chi connectivity index (χ2v) is 5.67. The Bertz CT molecular complexity index is 522. The van der Waals surface area contributed by atoms with E-state index in [0.29, 0.717) is 30.1 Å². The lowest BCUT2D eigenvalue weighted by atomic mass is 10.1. The number of piperazine rings is 1. The molecule has 128 valence electrons. The van der Waals surface area contributed by atoms with Gasteiger partial charge in [-0.1, -0.05) is 0 Å². The molecule has 1 aromatic rings. The summed E-state index contributed by atoms with van der Waals surface area (Å²) in [6, 6.07) is 4.04. The zero-order valence-corrected chi connectivity index (χ0v) is 14.3. The molecule has 1 aromatic carbocycles. The second kappa shape index (κ2) is 8.06. The number of carbonyl (C=O) groups excluding carboxylic acids is 1. The van der Waals surface area contributed by atoms with Crippen molar-refractivity contribution in [2.45, 2.75) is 25.8 Å². The van der Waals surface area contributed by atoms with E-state index in [1.54, 1.807) is 21.3 Å². The molecule has 1 aliphatic rings. The molecule has 6 heteroatoms. The number of ether oxygens (including phenoxy) is 3. The minimum atomic E-state index is 0.188. The van der Waals surface area contributed by atoms with Crippen LogP contribution >= 0.6 is 0 Å². The minimum Gasteiger partial charge on any atom is -0.493 e. The van der Waals surface area contributed by atoms with E-state index in [1.165, 1.54) is 0 Å². The molecule has 0 spiro atoms. The zero-order chi connectivity index (χ0) is 16.8. The number of aryl methyl sites for hydroxylation is 1. The van der Waals surface area contributed by atoms with Crippen molar-refractivity contribution in [1.29, 1.82) is 0 Å². The largest absolute Gasteiger partial charge is 0.493 e. The zero-order valence-electron chi connectivity index (χ0n) is 14.3. The number of carbonyl (C=O) groups is 1. The molecule has 1 amide bonds. The maximum Gasteiger partial charge on any atom is 0.223 e. The van der Waals surface area contributed by atoms with Crippen molar-refractivity contribution in [3.63, 3.8) is 0 Å². The predicted molar refractivity (Wildman–Crippen MR) is 88.5 cm³/mol. The first kappa shape index (κ1) is 17.4. The molecule has 1 fully saturated rings. The fourth-order valence-electron chi connectivity index (χ4n) is 2.89. The molecule has 1 N–H and O–H groups in total. The highest BCUT2D eigenvalue weighted by molar-refractivity contribution is 5.77. The first-order valence-electron chi connectivity index (χ1n) is 7.89. The van der Waals surface area contributed by atoms with Crippen LogP contribution in [0, 0.1) is 0 Å². The summed E-state index contributed by atoms with van der Waals surface area (Å²) in [5, 5.41) is 3.30. The average Bonchev–Trinajstić information content (AvgIpc) is 2.58. The molecule has 1 saturated heterocycles. The second-order valence-electron chi connectivity index (χ2n) is 5.67. The summed E-state index contributed by atoms with van der Waals surface area (Å²) in [6.07, 6.45) is 1.12. The summed E-state index contributed by atoms with van der Waals surface area (Å²) < 4.78 is 16.0. The molecule has 6 nitrogen and oxygen atoms in total. The lowest BCUT2D eigenvalue weighted by Crippen LogP contribution is -2.52. The van der Waals surface area contributed by atoms with Crippen LogP contribution in [0.5, 0.6) is 17.2 Å². The van der Waals surface area contributed by atoms with Gasteiger partial charge in [-0.2, -0.15) is 0 Å². The van der Waals surface area contributed by atoms with Crippen molar-refractivity contribution in [2.75, 3.05) is 41.0 Å². The summed E-state index contributed by atoms with van der Waals surface area (Å²) in [4.78, 5) is 14.4. The number of methoxy groups -OCH3 is 3. The summed E-state index contributed by atoms with van der Waals surface area (Å²) in [7, 11) is 4.76. The molecule has 0 unspecified atom stereocenters. The molecule has 0 bridgehead atoms. The van der Waals surface area contributed by atoms with Crippen molar-refractivity contribution in [2.24, 2.45) is 0 Å². The van der Waals surface area contributed by atoms with Gasteiger partial charge in [-0.3, -0.25) is 4.79 Å². The monoisotopic (exact) mass is 322 g/mol. The maximum absolute atomic E-state index is 12.4. The van der Waals surface area contributed by atoms with Gasteiger partial charge in [0, 0.05) is 32.1 Å². The van der Waals surface area contributed by atoms with Crippen LogP contribution < -0.4 is 19.5 Å². The fourth-order valence-corrected chi connectivity index (χ4v) is 2.89. The summed E-state index contributed by atoms with van der Waals surface area (Å²) in [5.74, 6) is 1.99. The van der Waals surface area contributed by atoms with E-state index in [-0.39, 0.29) is 11.9 Å². The van der Waals surface area contributed by atoms with Crippen molar-refractivity contribution >= 4 is 5.91 Å². The van der Waals surface area contributed by atoms with Gasteiger partial charge in [-0.05, 0) is 31.0 Å². The number of nitrogens with zero attached hydrogens (tertiary/aromatic N) is 1. The molecular weight excluding hydrogens is 296 g/mol. The standard InChI is InChI=1S/C17H26N2O4/c1-12-11-18-7-8-19(12)16(20)6-5-13-9-14(21-2)17(23-4)15(10-13)22-3/h9-10,12,18H,5-8,11H2,1-4H3/t12-/m0/s1. The Labute approximate surface area is 137 Å². The van der Waals surface area contributed by atoms with Gasteiger partial charge in [-0.25, -0.2) is 0 Å². The third-order valence-electron chi connectivity index (χ3n) is 4.17. The Hall–Kier alpha value is -1.95. The van der Waals surface area contributed by atoms with Crippen molar-refractivity contribution in [1.82, 2.24) is 10.2 Å². The Morgan fingerprint density at radius 3 is 2.39 bits per heavy atom. The maximum atomic E-state index is 12.4. The number of hydrogen-bond donors (Lipinski definition) is 1. The first-order chi connectivity index (χ1) is 11.1. The van der Waals surface area contributed by atoms with Crippen LogP contribution in [-0.2, 0) is 11.2 Å². The van der Waals surface area contributed by atoms with E-state index >= 15 is 0 Å². The first-order valence-corrected chi connectivity index (χ1v) is 7.89. The lowest BCUT2D eigenvalue weighted by Gasteiger charge is -2.34. The van der Waals surface area contributed by atoms with Gasteiger partial charge < -0.3 is 24.4 Å². The van der Waals surface area contributed by atoms with Crippen LogP contribution in [0.3, 0.4) is 0 Å². The Kier molecular flexibility index (Phi) is 6.10. The Morgan fingerprint density at radius 1 is 1.22 bits per heavy atom. The third kappa shape index (κ3) is 4.07. The molecule has 1 aliphatic heterocycles. The van der Waals surface area contributed by atoms with Gasteiger partial charge in [0.15, 0.2) is 11.5 Å². The van der Waals surface area contributed by atoms with Crippen LogP contribution in [0.4, 0.5) is 0 Å². The summed E-state index contributed by atoms with van der Waals surface area (Å²) in [5.41, 5.74) is 0.996. The van der Waals surface area contributed by atoms with E-state index in [9.17, 15) is 4.79 Å². The molecule has 0 aliphatic carbocycles. The minimum absolute atomic E-state index is 0.188. The van der Waals surface area contributed by atoms with Crippen molar-refractivity contribution in [3.05, 3.63) is 17.7 Å². The smallest absolute Gasteiger partial charge is 0.223 e. The van der Waals surface area contributed by atoms with Gasteiger partial charge in [0.2, 0.25) is 11.7 Å². The number of benzene rings is 1. The van der Waals surface area contributed by atoms with E-state index in [1.807, 2.05) is 17.0 Å². The highest BCUT2D eigenvalue weighted by atomic mass is 16.5. The fraction of sp³-hybridized carbons (Fsp3) is 0.588. The summed E-state index contributed by atoms with van der Waals surface area (Å²) >= 11 is 0. The highest BCUT2D eigenvalue weighted by Gasteiger charge is 2.22. The molecular formula is C17H26N2O4. The SMILES string of the molecule is COc1cc(CCC(=O)N2CCNC[C@@H]2C)cc(OC)c1OC. The third-order valence-corrected chi connectivity index (χ3v) is 4.17. The van der Waals surface area contributed by atoms with Gasteiger partial charge in [0.1, 0.15) is 0 Å². The highest BCUT2D eigenvalue weighted by Crippen LogP contribution is 2.38. The predicted octanol–water partition coefficient (Wildman–Crippen LogP) is 1.47. The van der Waals surface area contributed by atoms with Crippen molar-refractivity contribution in [3.8, 4) is 17.2 Å². The molecule has 0 radical (unpaired) electrons. The van der Waals surface area contributed by atoms with E-state index in [4.69, 9.17) is 14.2 Å². The van der Waals surface area contributed by atoms with Crippen LogP contribution in [0.15, 0.2) is 12.1 Å². The Balaban J connectivity index is 2.06. The number of nitrogens with one attached hydrogen (secondary N) is 1. The summed E-state index contributed by atoms with van der Waals surface area (Å²) in [6.45, 7) is 4.56. The molecule has 23 heavy (non-hydrogen) atoms. The molecule has 1 heterocycles. The lowest BCUT2D eigenvalue weighted by molar-refractivity contribution is -0.133. The van der Waals surface area contributed by atoms with E-state index in [2.05, 4.69) is 12.2 Å². The number of rotatable bonds is 6. The van der Waals surface area contributed by atoms with Gasteiger partial charge in [0.25, 0.3) is 0 Å². The number of hydrogen-bond acceptors (Lipinski definition) is 5. The molecule has 0 aromatic heterocycles.